The van der Waals surface area contributed by atoms with Crippen LogP contribution < -0.4 is 0 Å². The smallest absolute Gasteiger partial charge is 0.188 e. The van der Waals surface area contributed by atoms with Crippen LogP contribution in [0.15, 0.2) is 18.0 Å². The van der Waals surface area contributed by atoms with E-state index in [9.17, 15) is 4.91 Å². The van der Waals surface area contributed by atoms with Crippen molar-refractivity contribution in [3.63, 3.8) is 0 Å². The molecule has 0 bridgehead atoms. The van der Waals surface area contributed by atoms with Gasteiger partial charge in [-0.05, 0) is 6.92 Å². The molecule has 5 nitrogen and oxygen atoms in total. The fraction of sp³-hybridized carbons (Fsp3) is 0.714. The number of aliphatic hydroxyl groups excluding tert-OH is 1. The van der Waals surface area contributed by atoms with Gasteiger partial charge in [0.1, 0.15) is 12.6 Å². The highest BCUT2D eigenvalue weighted by Crippen LogP contribution is 1.99. The Bertz CT molecular complexity index is 137. The Hall–Kier alpha value is -0.940. The van der Waals surface area contributed by atoms with E-state index < -0.39 is 12.2 Å². The molecule has 12 heavy (non-hydrogen) atoms. The predicted octanol–water partition coefficient (Wildman–Crippen LogP) is 0.636. The molecule has 0 heterocycles. The quantitative estimate of drug-likeness (QED) is 0.267. The van der Waals surface area contributed by atoms with Gasteiger partial charge in [-0.3, -0.25) is 0 Å². The predicted molar refractivity (Wildman–Crippen MR) is 43.4 cm³/mol. The first-order valence-corrected chi connectivity index (χ1v) is 3.53. The summed E-state index contributed by atoms with van der Waals surface area (Å²) in [5.41, 5.74) is 0. The molecule has 0 aromatic carbocycles. The third kappa shape index (κ3) is 4.81. The van der Waals surface area contributed by atoms with Gasteiger partial charge >= 0.3 is 0 Å². The Balaban J connectivity index is 3.62. The van der Waals surface area contributed by atoms with Crippen molar-refractivity contribution < 1.29 is 14.6 Å². The van der Waals surface area contributed by atoms with E-state index in [2.05, 4.69) is 16.5 Å². The van der Waals surface area contributed by atoms with E-state index in [-0.39, 0.29) is 13.3 Å². The molecule has 1 N–H and O–H groups in total. The van der Waals surface area contributed by atoms with E-state index in [4.69, 9.17) is 9.84 Å². The van der Waals surface area contributed by atoms with Gasteiger partial charge in [0.15, 0.2) is 6.79 Å². The average Bonchev–Trinajstić information content (AvgIpc) is 2.03. The van der Waals surface area contributed by atoms with Gasteiger partial charge in [-0.15, -0.1) is 0 Å². The monoisotopic (exact) mass is 175 g/mol. The highest BCUT2D eigenvalue weighted by atomic mass is 16.7. The van der Waals surface area contributed by atoms with Crippen molar-refractivity contribution >= 4 is 0 Å². The molecule has 5 heteroatoms. The zero-order valence-electron chi connectivity index (χ0n) is 6.97. The normalized spacial score (nSPS) is 14.8. The van der Waals surface area contributed by atoms with Gasteiger partial charge in [-0.2, -0.15) is 4.91 Å². The molecule has 0 rings (SSSR count). The van der Waals surface area contributed by atoms with Crippen molar-refractivity contribution in [3.8, 4) is 0 Å². The zero-order valence-corrected chi connectivity index (χ0v) is 6.97. The second kappa shape index (κ2) is 6.75. The Morgan fingerprint density at radius 1 is 1.75 bits per heavy atom. The number of hydrogen-bond donors (Lipinski definition) is 1. The first-order valence-electron chi connectivity index (χ1n) is 3.53. The van der Waals surface area contributed by atoms with Crippen LogP contribution >= 0.6 is 0 Å². The van der Waals surface area contributed by atoms with Gasteiger partial charge < -0.3 is 14.6 Å². The maximum atomic E-state index is 9.85. The van der Waals surface area contributed by atoms with E-state index in [1.807, 2.05) is 0 Å². The van der Waals surface area contributed by atoms with Crippen molar-refractivity contribution in [1.82, 2.24) is 0 Å². The second-order valence-corrected chi connectivity index (χ2v) is 2.21. The standard InChI is InChI=1S/C7H13NO4/c1-3-11-5-12-7(4-8-10)6(2)9/h3,6-7,9H,1,4-5H2,2H3. The highest BCUT2D eigenvalue weighted by Gasteiger charge is 2.15. The summed E-state index contributed by atoms with van der Waals surface area (Å²) in [6, 6.07) is 0. The van der Waals surface area contributed by atoms with Crippen LogP contribution in [0, 0.1) is 4.91 Å². The Morgan fingerprint density at radius 2 is 2.42 bits per heavy atom. The van der Waals surface area contributed by atoms with Crippen LogP contribution in [0.1, 0.15) is 6.92 Å². The lowest BCUT2D eigenvalue weighted by Crippen LogP contribution is -2.29. The summed E-state index contributed by atoms with van der Waals surface area (Å²) in [4.78, 5) is 9.85. The minimum absolute atomic E-state index is 0.0331. The zero-order chi connectivity index (χ0) is 9.40. The van der Waals surface area contributed by atoms with Crippen LogP contribution in [0.5, 0.6) is 0 Å². The summed E-state index contributed by atoms with van der Waals surface area (Å²) in [6.45, 7) is 4.70. The number of rotatable bonds is 7. The van der Waals surface area contributed by atoms with Crippen molar-refractivity contribution in [2.24, 2.45) is 5.18 Å². The summed E-state index contributed by atoms with van der Waals surface area (Å²) in [5, 5.41) is 11.7. The molecule has 0 amide bonds. The average molecular weight is 175 g/mol. The molecule has 0 fully saturated rings. The van der Waals surface area contributed by atoms with Gasteiger partial charge in [0.25, 0.3) is 0 Å². The minimum atomic E-state index is -0.740. The molecular weight excluding hydrogens is 162 g/mol. The van der Waals surface area contributed by atoms with Crippen molar-refractivity contribution in [2.75, 3.05) is 13.3 Å². The summed E-state index contributed by atoms with van der Waals surface area (Å²) >= 11 is 0. The third-order valence-corrected chi connectivity index (χ3v) is 1.26. The van der Waals surface area contributed by atoms with E-state index in [0.29, 0.717) is 0 Å². The van der Waals surface area contributed by atoms with Crippen molar-refractivity contribution in [2.45, 2.75) is 19.1 Å². The first-order chi connectivity index (χ1) is 5.72. The fourth-order valence-corrected chi connectivity index (χ4v) is 0.593. The molecule has 2 unspecified atom stereocenters. The summed E-state index contributed by atoms with van der Waals surface area (Å²) in [5.74, 6) is 0. The molecule has 0 aromatic rings. The third-order valence-electron chi connectivity index (χ3n) is 1.26. The van der Waals surface area contributed by atoms with Crippen LogP contribution in [-0.4, -0.2) is 30.7 Å². The molecule has 0 aromatic heterocycles. The Morgan fingerprint density at radius 3 is 2.83 bits per heavy atom. The summed E-state index contributed by atoms with van der Waals surface area (Å²) < 4.78 is 9.59. The first kappa shape index (κ1) is 11.1. The number of nitrogens with zero attached hydrogens (tertiary/aromatic N) is 1. The van der Waals surface area contributed by atoms with Crippen LogP contribution in [-0.2, 0) is 9.47 Å². The number of nitroso groups, excluding NO2 is 1. The van der Waals surface area contributed by atoms with E-state index in [1.165, 1.54) is 13.2 Å². The van der Waals surface area contributed by atoms with Crippen molar-refractivity contribution in [3.05, 3.63) is 17.7 Å². The molecule has 0 aliphatic rings. The van der Waals surface area contributed by atoms with Gasteiger partial charge in [0, 0.05) is 0 Å². The number of aliphatic hydroxyl groups is 1. The summed E-state index contributed by atoms with van der Waals surface area (Å²) in [7, 11) is 0. The lowest BCUT2D eigenvalue weighted by Gasteiger charge is -2.16. The van der Waals surface area contributed by atoms with Crippen LogP contribution in [0.2, 0.25) is 0 Å². The highest BCUT2D eigenvalue weighted by molar-refractivity contribution is 4.66. The molecule has 0 saturated carbocycles. The number of hydrogen-bond acceptors (Lipinski definition) is 5. The topological polar surface area (TPSA) is 68.1 Å². The van der Waals surface area contributed by atoms with Gasteiger partial charge in [-0.1, -0.05) is 11.8 Å². The molecular formula is C7H13NO4. The maximum Gasteiger partial charge on any atom is 0.188 e. The van der Waals surface area contributed by atoms with Gasteiger partial charge in [0.05, 0.1) is 12.4 Å². The fourth-order valence-electron chi connectivity index (χ4n) is 0.593. The maximum absolute atomic E-state index is 9.85. The van der Waals surface area contributed by atoms with E-state index in [0.717, 1.165) is 0 Å². The molecule has 70 valence electrons. The molecule has 0 spiro atoms. The van der Waals surface area contributed by atoms with E-state index in [1.54, 1.807) is 0 Å². The molecule has 0 saturated heterocycles. The summed E-state index contributed by atoms with van der Waals surface area (Å²) in [6.07, 6.45) is -0.133. The Labute approximate surface area is 71.0 Å². The van der Waals surface area contributed by atoms with Gasteiger partial charge in [-0.25, -0.2) is 0 Å². The largest absolute Gasteiger partial charge is 0.476 e. The van der Waals surface area contributed by atoms with E-state index >= 15 is 0 Å². The molecule has 0 radical (unpaired) electrons. The van der Waals surface area contributed by atoms with Crippen molar-refractivity contribution in [1.29, 1.82) is 0 Å². The minimum Gasteiger partial charge on any atom is -0.476 e. The molecule has 0 aliphatic heterocycles. The molecule has 2 atom stereocenters. The lowest BCUT2D eigenvalue weighted by atomic mass is 10.2. The second-order valence-electron chi connectivity index (χ2n) is 2.21. The van der Waals surface area contributed by atoms with Gasteiger partial charge in [0.2, 0.25) is 0 Å². The lowest BCUT2D eigenvalue weighted by molar-refractivity contribution is -0.0928. The van der Waals surface area contributed by atoms with Crippen LogP contribution in [0.25, 0.3) is 0 Å². The van der Waals surface area contributed by atoms with Crippen LogP contribution in [0.4, 0.5) is 0 Å². The molecule has 0 aliphatic carbocycles. The number of ether oxygens (including phenoxy) is 2. The Kier molecular flexibility index (Phi) is 6.22. The SMILES string of the molecule is C=COCOC(CN=O)C(C)O. The van der Waals surface area contributed by atoms with Crippen LogP contribution in [0.3, 0.4) is 0 Å².